The summed E-state index contributed by atoms with van der Waals surface area (Å²) in [6.45, 7) is 2.11. The molecule has 7 heteroatoms. The summed E-state index contributed by atoms with van der Waals surface area (Å²) >= 11 is 12.0. The fraction of sp³-hybridized carbons (Fsp3) is 0.111. The number of carbonyl (C=O) groups is 1. The maximum absolute atomic E-state index is 13.9. The molecular formula is C18H14Cl2FN3O. The molecule has 0 atom stereocenters. The van der Waals surface area contributed by atoms with Gasteiger partial charge < -0.3 is 5.32 Å². The van der Waals surface area contributed by atoms with Crippen LogP contribution in [-0.4, -0.2) is 15.7 Å². The van der Waals surface area contributed by atoms with E-state index in [1.165, 1.54) is 12.1 Å². The third-order valence-electron chi connectivity index (χ3n) is 3.65. The lowest BCUT2D eigenvalue weighted by Crippen LogP contribution is -2.14. The second kappa shape index (κ2) is 7.25. The summed E-state index contributed by atoms with van der Waals surface area (Å²) in [6, 6.07) is 13.6. The molecule has 0 fully saturated rings. The van der Waals surface area contributed by atoms with Crippen LogP contribution in [0.5, 0.6) is 0 Å². The highest BCUT2D eigenvalue weighted by atomic mass is 35.5. The Hall–Kier alpha value is -2.37. The maximum Gasteiger partial charge on any atom is 0.260 e. The topological polar surface area (TPSA) is 46.9 Å². The van der Waals surface area contributed by atoms with E-state index in [9.17, 15) is 9.18 Å². The third-order valence-corrected chi connectivity index (χ3v) is 4.27. The number of hydrogen-bond acceptors (Lipinski definition) is 2. The highest BCUT2D eigenvalue weighted by Gasteiger charge is 2.21. The van der Waals surface area contributed by atoms with E-state index in [-0.39, 0.29) is 21.4 Å². The molecule has 3 rings (SSSR count). The molecule has 1 heterocycles. The number of benzene rings is 2. The molecule has 25 heavy (non-hydrogen) atoms. The van der Waals surface area contributed by atoms with Crippen LogP contribution in [-0.2, 0) is 6.54 Å². The lowest BCUT2D eigenvalue weighted by Gasteiger charge is -2.07. The summed E-state index contributed by atoms with van der Waals surface area (Å²) in [7, 11) is 0. The average Bonchev–Trinajstić information content (AvgIpc) is 2.85. The first-order chi connectivity index (χ1) is 12.0. The summed E-state index contributed by atoms with van der Waals surface area (Å²) < 4.78 is 15.4. The molecule has 0 unspecified atom stereocenters. The minimum atomic E-state index is -0.619. The Morgan fingerprint density at radius 3 is 2.60 bits per heavy atom. The van der Waals surface area contributed by atoms with Crippen LogP contribution in [0.2, 0.25) is 10.2 Å². The van der Waals surface area contributed by atoms with Crippen molar-refractivity contribution in [3.05, 3.63) is 81.3 Å². The Morgan fingerprint density at radius 2 is 1.92 bits per heavy atom. The Balaban J connectivity index is 1.85. The fourth-order valence-electron chi connectivity index (χ4n) is 2.45. The van der Waals surface area contributed by atoms with Crippen LogP contribution in [0.1, 0.15) is 21.6 Å². The van der Waals surface area contributed by atoms with E-state index in [1.54, 1.807) is 11.6 Å². The molecule has 1 N–H and O–H groups in total. The summed E-state index contributed by atoms with van der Waals surface area (Å²) in [5.74, 6) is -1.14. The molecule has 0 radical (unpaired) electrons. The predicted molar refractivity (Wildman–Crippen MR) is 96.9 cm³/mol. The Labute approximate surface area is 154 Å². The Kier molecular flexibility index (Phi) is 5.06. The number of rotatable bonds is 4. The second-order valence-electron chi connectivity index (χ2n) is 5.47. The zero-order valence-electron chi connectivity index (χ0n) is 13.3. The Morgan fingerprint density at radius 1 is 1.20 bits per heavy atom. The summed E-state index contributed by atoms with van der Waals surface area (Å²) in [5.41, 5.74) is 1.71. The van der Waals surface area contributed by atoms with Crippen molar-refractivity contribution in [1.29, 1.82) is 0 Å². The number of halogens is 3. The van der Waals surface area contributed by atoms with Gasteiger partial charge in [-0.25, -0.2) is 9.07 Å². The first kappa shape index (κ1) is 17.5. The first-order valence-corrected chi connectivity index (χ1v) is 8.24. The second-order valence-corrected chi connectivity index (χ2v) is 6.27. The monoisotopic (exact) mass is 377 g/mol. The van der Waals surface area contributed by atoms with Gasteiger partial charge in [-0.2, -0.15) is 5.10 Å². The van der Waals surface area contributed by atoms with Gasteiger partial charge in [0, 0.05) is 5.02 Å². The molecule has 2 aromatic carbocycles. The van der Waals surface area contributed by atoms with Crippen molar-refractivity contribution < 1.29 is 9.18 Å². The van der Waals surface area contributed by atoms with Crippen molar-refractivity contribution in [2.45, 2.75) is 13.5 Å². The lowest BCUT2D eigenvalue weighted by molar-refractivity contribution is 0.102. The highest BCUT2D eigenvalue weighted by molar-refractivity contribution is 6.33. The molecule has 0 saturated heterocycles. The number of nitrogens with zero attached hydrogens (tertiary/aromatic N) is 2. The molecule has 0 bridgehead atoms. The summed E-state index contributed by atoms with van der Waals surface area (Å²) in [6.07, 6.45) is 0. The molecular weight excluding hydrogens is 364 g/mol. The number of carbonyl (C=O) groups excluding carboxylic acids is 1. The number of aromatic nitrogens is 2. The highest BCUT2D eigenvalue weighted by Crippen LogP contribution is 2.24. The van der Waals surface area contributed by atoms with Crippen molar-refractivity contribution in [2.24, 2.45) is 0 Å². The zero-order valence-corrected chi connectivity index (χ0v) is 14.8. The first-order valence-electron chi connectivity index (χ1n) is 7.49. The number of aryl methyl sites for hydroxylation is 1. The van der Waals surface area contributed by atoms with E-state index in [4.69, 9.17) is 23.2 Å². The maximum atomic E-state index is 13.9. The average molecular weight is 378 g/mol. The van der Waals surface area contributed by atoms with Gasteiger partial charge in [-0.15, -0.1) is 0 Å². The van der Waals surface area contributed by atoms with Crippen molar-refractivity contribution in [3.63, 3.8) is 0 Å². The van der Waals surface area contributed by atoms with E-state index in [2.05, 4.69) is 10.4 Å². The van der Waals surface area contributed by atoms with Crippen LogP contribution in [0, 0.1) is 12.7 Å². The number of anilines is 1. The zero-order chi connectivity index (χ0) is 18.0. The van der Waals surface area contributed by atoms with Gasteiger partial charge >= 0.3 is 0 Å². The molecule has 1 amide bonds. The van der Waals surface area contributed by atoms with Crippen LogP contribution in [0.4, 0.5) is 10.1 Å². The quantitative estimate of drug-likeness (QED) is 0.699. The molecule has 0 aliphatic rings. The SMILES string of the molecule is Cc1nn(Cc2ccccc2)c(Cl)c1C(=O)Nc1ccc(Cl)cc1F. The number of nitrogens with one attached hydrogen (secondary N) is 1. The standard InChI is InChI=1S/C18H14Cl2FN3O/c1-11-16(18(25)22-15-8-7-13(19)9-14(15)21)17(20)24(23-11)10-12-5-3-2-4-6-12/h2-9H,10H2,1H3,(H,22,25). The van der Waals surface area contributed by atoms with Gasteiger partial charge in [0.05, 0.1) is 23.5 Å². The lowest BCUT2D eigenvalue weighted by atomic mass is 10.2. The fourth-order valence-corrected chi connectivity index (χ4v) is 2.93. The van der Waals surface area contributed by atoms with E-state index >= 15 is 0 Å². The predicted octanol–water partition coefficient (Wildman–Crippen LogP) is 4.94. The normalized spacial score (nSPS) is 10.7. The molecule has 1 aromatic heterocycles. The van der Waals surface area contributed by atoms with Crippen LogP contribution in [0.3, 0.4) is 0 Å². The third kappa shape index (κ3) is 3.83. The summed E-state index contributed by atoms with van der Waals surface area (Å²) in [5, 5.41) is 7.27. The molecule has 0 saturated carbocycles. The van der Waals surface area contributed by atoms with Gasteiger partial charge in [-0.05, 0) is 30.7 Å². The van der Waals surface area contributed by atoms with Crippen molar-refractivity contribution in [3.8, 4) is 0 Å². The van der Waals surface area contributed by atoms with E-state index < -0.39 is 11.7 Å². The van der Waals surface area contributed by atoms with Crippen LogP contribution < -0.4 is 5.32 Å². The van der Waals surface area contributed by atoms with Gasteiger partial charge in [0.1, 0.15) is 11.0 Å². The minimum Gasteiger partial charge on any atom is -0.319 e. The van der Waals surface area contributed by atoms with Crippen molar-refractivity contribution >= 4 is 34.8 Å². The summed E-state index contributed by atoms with van der Waals surface area (Å²) in [4.78, 5) is 12.5. The van der Waals surface area contributed by atoms with E-state index in [0.717, 1.165) is 11.6 Å². The number of hydrogen-bond donors (Lipinski definition) is 1. The van der Waals surface area contributed by atoms with Crippen LogP contribution >= 0.6 is 23.2 Å². The van der Waals surface area contributed by atoms with Crippen molar-refractivity contribution in [2.75, 3.05) is 5.32 Å². The Bertz CT molecular complexity index is 926. The van der Waals surface area contributed by atoms with E-state index in [0.29, 0.717) is 12.2 Å². The van der Waals surface area contributed by atoms with Gasteiger partial charge in [0.15, 0.2) is 0 Å². The molecule has 4 nitrogen and oxygen atoms in total. The van der Waals surface area contributed by atoms with E-state index in [1.807, 2.05) is 30.3 Å². The largest absolute Gasteiger partial charge is 0.319 e. The molecule has 3 aromatic rings. The molecule has 0 aliphatic carbocycles. The van der Waals surface area contributed by atoms with Crippen LogP contribution in [0.25, 0.3) is 0 Å². The molecule has 0 aliphatic heterocycles. The number of amides is 1. The van der Waals surface area contributed by atoms with Gasteiger partial charge in [-0.1, -0.05) is 53.5 Å². The van der Waals surface area contributed by atoms with Gasteiger partial charge in [-0.3, -0.25) is 4.79 Å². The van der Waals surface area contributed by atoms with Crippen molar-refractivity contribution in [1.82, 2.24) is 9.78 Å². The van der Waals surface area contributed by atoms with Crippen LogP contribution in [0.15, 0.2) is 48.5 Å². The minimum absolute atomic E-state index is 0.0284. The molecule has 128 valence electrons. The van der Waals surface area contributed by atoms with Gasteiger partial charge in [0.2, 0.25) is 0 Å². The molecule has 0 spiro atoms. The smallest absolute Gasteiger partial charge is 0.260 e. The van der Waals surface area contributed by atoms with Gasteiger partial charge in [0.25, 0.3) is 5.91 Å².